The molecule has 24 heavy (non-hydrogen) atoms. The van der Waals surface area contributed by atoms with Crippen molar-refractivity contribution < 1.29 is 8.42 Å². The van der Waals surface area contributed by atoms with Crippen molar-refractivity contribution in [2.45, 2.75) is 49.6 Å². The standard InChI is InChI=1S/C19H24N2O2S/c1-15-11-13-16(14-12-15)20-18-9-5-6-10-19(18)21-24(22,23)17-7-3-2-4-8-17/h2-4,7-8,11-14,18-21H,5-6,9-10H2,1H3/t18-,19+/m0/s1. The maximum Gasteiger partial charge on any atom is 0.240 e. The van der Waals surface area contributed by atoms with Crippen molar-refractivity contribution in [3.63, 3.8) is 0 Å². The molecule has 0 aliphatic heterocycles. The molecule has 2 aromatic carbocycles. The van der Waals surface area contributed by atoms with E-state index in [-0.39, 0.29) is 12.1 Å². The fourth-order valence-corrected chi connectivity index (χ4v) is 4.51. The quantitative estimate of drug-likeness (QED) is 0.869. The van der Waals surface area contributed by atoms with Crippen molar-refractivity contribution in [3.8, 4) is 0 Å². The Labute approximate surface area is 144 Å². The average molecular weight is 344 g/mol. The molecule has 1 aliphatic rings. The van der Waals surface area contributed by atoms with E-state index >= 15 is 0 Å². The van der Waals surface area contributed by atoms with E-state index in [0.717, 1.165) is 31.4 Å². The highest BCUT2D eigenvalue weighted by Crippen LogP contribution is 2.24. The number of hydrogen-bond acceptors (Lipinski definition) is 3. The topological polar surface area (TPSA) is 58.2 Å². The lowest BCUT2D eigenvalue weighted by molar-refractivity contribution is 0.378. The van der Waals surface area contributed by atoms with Crippen LogP contribution in [0.15, 0.2) is 59.5 Å². The van der Waals surface area contributed by atoms with Crippen LogP contribution in [-0.2, 0) is 10.0 Å². The Morgan fingerprint density at radius 1 is 0.875 bits per heavy atom. The van der Waals surface area contributed by atoms with Crippen molar-refractivity contribution in [2.24, 2.45) is 0 Å². The Morgan fingerprint density at radius 2 is 1.50 bits per heavy atom. The lowest BCUT2D eigenvalue weighted by Crippen LogP contribution is -2.48. The number of rotatable bonds is 5. The van der Waals surface area contributed by atoms with E-state index < -0.39 is 10.0 Å². The molecule has 2 N–H and O–H groups in total. The molecule has 0 heterocycles. The summed E-state index contributed by atoms with van der Waals surface area (Å²) in [5, 5.41) is 3.51. The smallest absolute Gasteiger partial charge is 0.240 e. The summed E-state index contributed by atoms with van der Waals surface area (Å²) in [5.74, 6) is 0. The molecule has 1 saturated carbocycles. The molecule has 2 aromatic rings. The van der Waals surface area contributed by atoms with Crippen molar-refractivity contribution in [1.82, 2.24) is 4.72 Å². The molecule has 4 nitrogen and oxygen atoms in total. The van der Waals surface area contributed by atoms with E-state index in [1.54, 1.807) is 24.3 Å². The van der Waals surface area contributed by atoms with Crippen molar-refractivity contribution in [2.75, 3.05) is 5.32 Å². The van der Waals surface area contributed by atoms with E-state index in [2.05, 4.69) is 29.1 Å². The van der Waals surface area contributed by atoms with Crippen LogP contribution in [-0.4, -0.2) is 20.5 Å². The Kier molecular flexibility index (Phi) is 5.21. The molecule has 0 radical (unpaired) electrons. The molecular weight excluding hydrogens is 320 g/mol. The summed E-state index contributed by atoms with van der Waals surface area (Å²) in [6.07, 6.45) is 3.99. The number of aryl methyl sites for hydroxylation is 1. The predicted octanol–water partition coefficient (Wildman–Crippen LogP) is 3.70. The molecule has 3 rings (SSSR count). The highest BCUT2D eigenvalue weighted by Gasteiger charge is 2.29. The minimum absolute atomic E-state index is 0.0924. The van der Waals surface area contributed by atoms with E-state index in [0.29, 0.717) is 4.90 Å². The monoisotopic (exact) mass is 344 g/mol. The zero-order valence-electron chi connectivity index (χ0n) is 13.9. The third kappa shape index (κ3) is 4.16. The van der Waals surface area contributed by atoms with Crippen LogP contribution in [0.5, 0.6) is 0 Å². The molecule has 128 valence electrons. The van der Waals surface area contributed by atoms with Gasteiger partial charge in [0.25, 0.3) is 0 Å². The first-order valence-corrected chi connectivity index (χ1v) is 9.93. The summed E-state index contributed by atoms with van der Waals surface area (Å²) in [7, 11) is -3.48. The minimum atomic E-state index is -3.48. The second-order valence-electron chi connectivity index (χ2n) is 6.44. The van der Waals surface area contributed by atoms with Gasteiger partial charge in [-0.1, -0.05) is 48.7 Å². The molecule has 1 aliphatic carbocycles. The van der Waals surface area contributed by atoms with Gasteiger partial charge in [0.1, 0.15) is 0 Å². The molecule has 0 unspecified atom stereocenters. The molecule has 0 amide bonds. The minimum Gasteiger partial charge on any atom is -0.381 e. The zero-order valence-corrected chi connectivity index (χ0v) is 14.7. The molecule has 5 heteroatoms. The van der Waals surface area contributed by atoms with E-state index in [4.69, 9.17) is 0 Å². The molecular formula is C19H24N2O2S. The molecule has 0 spiro atoms. The first-order chi connectivity index (χ1) is 11.5. The van der Waals surface area contributed by atoms with Crippen LogP contribution in [0.3, 0.4) is 0 Å². The van der Waals surface area contributed by atoms with Crippen molar-refractivity contribution in [3.05, 3.63) is 60.2 Å². The molecule has 0 saturated heterocycles. The number of benzene rings is 2. The fraction of sp³-hybridized carbons (Fsp3) is 0.368. The van der Waals surface area contributed by atoms with Crippen LogP contribution in [0.4, 0.5) is 5.69 Å². The van der Waals surface area contributed by atoms with Crippen LogP contribution < -0.4 is 10.0 Å². The highest BCUT2D eigenvalue weighted by atomic mass is 32.2. The van der Waals surface area contributed by atoms with E-state index in [1.165, 1.54) is 5.56 Å². The van der Waals surface area contributed by atoms with Gasteiger partial charge in [-0.2, -0.15) is 0 Å². The summed E-state index contributed by atoms with van der Waals surface area (Å²) in [6, 6.07) is 16.8. The van der Waals surface area contributed by atoms with Crippen LogP contribution in [0, 0.1) is 6.92 Å². The van der Waals surface area contributed by atoms with Gasteiger partial charge in [0.2, 0.25) is 10.0 Å². The van der Waals surface area contributed by atoms with Gasteiger partial charge >= 0.3 is 0 Å². The lowest BCUT2D eigenvalue weighted by Gasteiger charge is -2.33. The second kappa shape index (κ2) is 7.36. The summed E-state index contributed by atoms with van der Waals surface area (Å²) in [5.41, 5.74) is 2.25. The number of anilines is 1. The van der Waals surface area contributed by atoms with Crippen molar-refractivity contribution in [1.29, 1.82) is 0 Å². The Balaban J connectivity index is 1.74. The van der Waals surface area contributed by atoms with Crippen molar-refractivity contribution >= 4 is 15.7 Å². The van der Waals surface area contributed by atoms with Gasteiger partial charge in [-0.25, -0.2) is 13.1 Å². The normalized spacial score (nSPS) is 21.4. The zero-order chi connectivity index (χ0) is 17.0. The summed E-state index contributed by atoms with van der Waals surface area (Å²) >= 11 is 0. The fourth-order valence-electron chi connectivity index (χ4n) is 3.18. The summed E-state index contributed by atoms with van der Waals surface area (Å²) in [6.45, 7) is 2.06. The molecule has 0 aromatic heterocycles. The maximum absolute atomic E-state index is 12.6. The third-order valence-electron chi connectivity index (χ3n) is 4.53. The van der Waals surface area contributed by atoms with E-state index in [9.17, 15) is 8.42 Å². The van der Waals surface area contributed by atoms with Crippen LogP contribution >= 0.6 is 0 Å². The number of nitrogens with one attached hydrogen (secondary N) is 2. The molecule has 1 fully saturated rings. The second-order valence-corrected chi connectivity index (χ2v) is 8.16. The average Bonchev–Trinajstić information content (AvgIpc) is 2.59. The molecule has 0 bridgehead atoms. The summed E-state index contributed by atoms with van der Waals surface area (Å²) in [4.78, 5) is 0.324. The largest absolute Gasteiger partial charge is 0.381 e. The van der Waals surface area contributed by atoms with E-state index in [1.807, 2.05) is 18.2 Å². The van der Waals surface area contributed by atoms with Gasteiger partial charge in [-0.3, -0.25) is 0 Å². The third-order valence-corrected chi connectivity index (χ3v) is 6.04. The van der Waals surface area contributed by atoms with Gasteiger partial charge in [0.05, 0.1) is 4.90 Å². The summed E-state index contributed by atoms with van der Waals surface area (Å²) < 4.78 is 28.1. The van der Waals surface area contributed by atoms with Crippen LogP contribution in [0.25, 0.3) is 0 Å². The van der Waals surface area contributed by atoms with Gasteiger partial charge in [0.15, 0.2) is 0 Å². The molecule has 2 atom stereocenters. The maximum atomic E-state index is 12.6. The lowest BCUT2D eigenvalue weighted by atomic mass is 9.91. The highest BCUT2D eigenvalue weighted by molar-refractivity contribution is 7.89. The van der Waals surface area contributed by atoms with Crippen LogP contribution in [0.1, 0.15) is 31.2 Å². The van der Waals surface area contributed by atoms with Gasteiger partial charge in [0, 0.05) is 17.8 Å². The SMILES string of the molecule is Cc1ccc(N[C@H]2CCCC[C@H]2NS(=O)(=O)c2ccccc2)cc1. The predicted molar refractivity (Wildman–Crippen MR) is 97.6 cm³/mol. The number of sulfonamides is 1. The van der Waals surface area contributed by atoms with Gasteiger partial charge in [-0.15, -0.1) is 0 Å². The first-order valence-electron chi connectivity index (χ1n) is 8.45. The Hall–Kier alpha value is -1.85. The first kappa shape index (κ1) is 17.0. The Morgan fingerprint density at radius 3 is 2.17 bits per heavy atom. The van der Waals surface area contributed by atoms with Crippen LogP contribution in [0.2, 0.25) is 0 Å². The van der Waals surface area contributed by atoms with Gasteiger partial charge in [-0.05, 0) is 44.0 Å². The Bertz CT molecular complexity index is 758. The number of hydrogen-bond donors (Lipinski definition) is 2. The van der Waals surface area contributed by atoms with Gasteiger partial charge < -0.3 is 5.32 Å².